The second-order valence-electron chi connectivity index (χ2n) is 8.75. The van der Waals surface area contributed by atoms with Gasteiger partial charge < -0.3 is 15.2 Å². The first-order valence-corrected chi connectivity index (χ1v) is 10.6. The lowest BCUT2D eigenvalue weighted by atomic mass is 9.73. The second kappa shape index (κ2) is 8.09. The van der Waals surface area contributed by atoms with Crippen LogP contribution in [0.2, 0.25) is 0 Å². The van der Waals surface area contributed by atoms with E-state index in [9.17, 15) is 14.7 Å². The first-order chi connectivity index (χ1) is 14.4. The number of nitrogens with one attached hydrogen (secondary N) is 1. The Balaban J connectivity index is 1.58. The number of amides is 1. The number of carbonyl (C=O) groups excluding carboxylic acids is 2. The van der Waals surface area contributed by atoms with Crippen LogP contribution in [0, 0.1) is 24.7 Å². The molecule has 30 heavy (non-hydrogen) atoms. The average molecular weight is 408 g/mol. The fraction of sp³-hybridized carbons (Fsp3) is 0.458. The van der Waals surface area contributed by atoms with E-state index >= 15 is 0 Å². The molecule has 2 aliphatic carbocycles. The molecular weight excluding hydrogens is 380 g/mol. The average Bonchev–Trinajstić information content (AvgIpc) is 3.28. The summed E-state index contributed by atoms with van der Waals surface area (Å²) in [5.74, 6) is -0.500. The third kappa shape index (κ3) is 3.66. The number of hydrogen-bond donors (Lipinski definition) is 2. The molecule has 2 aliphatic rings. The van der Waals surface area contributed by atoms with Gasteiger partial charge in [-0.3, -0.25) is 9.59 Å². The van der Waals surface area contributed by atoms with Gasteiger partial charge in [-0.05, 0) is 62.6 Å². The van der Waals surface area contributed by atoms with Crippen molar-refractivity contribution >= 4 is 11.9 Å². The Labute approximate surface area is 176 Å². The van der Waals surface area contributed by atoms with E-state index < -0.39 is 0 Å². The van der Waals surface area contributed by atoms with Gasteiger partial charge in [0.1, 0.15) is 5.75 Å². The van der Waals surface area contributed by atoms with Crippen molar-refractivity contribution in [1.29, 1.82) is 0 Å². The summed E-state index contributed by atoms with van der Waals surface area (Å²) >= 11 is 0. The summed E-state index contributed by atoms with van der Waals surface area (Å²) in [6, 6.07) is 11.6. The van der Waals surface area contributed by atoms with Crippen molar-refractivity contribution in [2.75, 3.05) is 0 Å². The van der Waals surface area contributed by atoms with Gasteiger partial charge in [0.25, 0.3) is 5.91 Å². The highest BCUT2D eigenvalue weighted by molar-refractivity contribution is 5.95. The summed E-state index contributed by atoms with van der Waals surface area (Å²) in [6.07, 6.45) is 2.97. The van der Waals surface area contributed by atoms with Crippen LogP contribution in [0.25, 0.3) is 0 Å². The lowest BCUT2D eigenvalue weighted by Gasteiger charge is -2.35. The number of fused-ring (bicyclic) bond motifs is 2. The van der Waals surface area contributed by atoms with Gasteiger partial charge >= 0.3 is 5.97 Å². The molecule has 6 nitrogen and oxygen atoms in total. The maximum Gasteiger partial charge on any atom is 0.310 e. The van der Waals surface area contributed by atoms with Crippen LogP contribution in [0.5, 0.6) is 5.75 Å². The van der Waals surface area contributed by atoms with E-state index in [-0.39, 0.29) is 59.1 Å². The predicted octanol–water partition coefficient (Wildman–Crippen LogP) is 3.59. The smallest absolute Gasteiger partial charge is 0.310 e. The van der Waals surface area contributed by atoms with Crippen LogP contribution >= 0.6 is 0 Å². The minimum atomic E-state index is -0.373. The number of nitrogens with zero attached hydrogens (tertiary/aromatic N) is 1. The monoisotopic (exact) mass is 408 g/mol. The molecule has 5 atom stereocenters. The predicted molar refractivity (Wildman–Crippen MR) is 112 cm³/mol. The number of aryl methyl sites for hydroxylation is 1. The van der Waals surface area contributed by atoms with Gasteiger partial charge in [0, 0.05) is 18.2 Å². The van der Waals surface area contributed by atoms with Crippen LogP contribution in [-0.4, -0.2) is 34.1 Å². The number of benzene rings is 1. The van der Waals surface area contributed by atoms with Gasteiger partial charge in [-0.15, -0.1) is 0 Å². The zero-order chi connectivity index (χ0) is 21.4. The third-order valence-electron chi connectivity index (χ3n) is 6.47. The van der Waals surface area contributed by atoms with Crippen molar-refractivity contribution in [3.05, 3.63) is 59.4 Å². The van der Waals surface area contributed by atoms with Crippen LogP contribution < -0.4 is 5.32 Å². The zero-order valence-corrected chi connectivity index (χ0v) is 17.5. The summed E-state index contributed by atoms with van der Waals surface area (Å²) in [7, 11) is 0. The lowest BCUT2D eigenvalue weighted by molar-refractivity contribution is -0.155. The van der Waals surface area contributed by atoms with Crippen LogP contribution in [0.3, 0.4) is 0 Å². The Hall–Kier alpha value is -2.89. The molecule has 2 saturated carbocycles. The van der Waals surface area contributed by atoms with E-state index in [1.807, 2.05) is 44.2 Å². The SMILES string of the molecule is Cc1ccnc(C(=O)N[C@@H]2CC3CC2[C@@H](c2ccccc2)[C@@H]3C(=O)OC(C)C)c1O. The quantitative estimate of drug-likeness (QED) is 0.738. The van der Waals surface area contributed by atoms with E-state index in [1.165, 1.54) is 6.20 Å². The molecule has 2 bridgehead atoms. The topological polar surface area (TPSA) is 88.5 Å². The number of hydrogen-bond acceptors (Lipinski definition) is 5. The maximum absolute atomic E-state index is 12.9. The first kappa shape index (κ1) is 20.4. The highest BCUT2D eigenvalue weighted by Crippen LogP contribution is 2.57. The molecular formula is C24H28N2O4. The van der Waals surface area contributed by atoms with E-state index in [1.54, 1.807) is 13.0 Å². The number of aromatic hydroxyl groups is 1. The Kier molecular flexibility index (Phi) is 5.50. The molecule has 1 aromatic heterocycles. The molecule has 1 heterocycles. The van der Waals surface area contributed by atoms with Crippen LogP contribution in [-0.2, 0) is 9.53 Å². The second-order valence-corrected chi connectivity index (χ2v) is 8.75. The number of pyridine rings is 1. The van der Waals surface area contributed by atoms with Gasteiger partial charge in [-0.25, -0.2) is 4.98 Å². The molecule has 2 fully saturated rings. The minimum Gasteiger partial charge on any atom is -0.505 e. The van der Waals surface area contributed by atoms with E-state index in [0.717, 1.165) is 18.4 Å². The molecule has 0 aliphatic heterocycles. The Morgan fingerprint density at radius 1 is 1.17 bits per heavy atom. The molecule has 0 saturated heterocycles. The van der Waals surface area contributed by atoms with E-state index in [2.05, 4.69) is 10.3 Å². The number of aromatic nitrogens is 1. The van der Waals surface area contributed by atoms with E-state index in [4.69, 9.17) is 4.74 Å². The summed E-state index contributed by atoms with van der Waals surface area (Å²) < 4.78 is 5.58. The number of esters is 1. The van der Waals surface area contributed by atoms with Crippen molar-refractivity contribution in [2.24, 2.45) is 17.8 Å². The fourth-order valence-corrected chi connectivity index (χ4v) is 5.26. The minimum absolute atomic E-state index is 0.000524. The number of rotatable bonds is 5. The Morgan fingerprint density at radius 2 is 1.90 bits per heavy atom. The van der Waals surface area contributed by atoms with Crippen molar-refractivity contribution in [2.45, 2.75) is 51.7 Å². The molecule has 1 amide bonds. The highest BCUT2D eigenvalue weighted by Gasteiger charge is 2.56. The first-order valence-electron chi connectivity index (χ1n) is 10.6. The molecule has 6 heteroatoms. The Morgan fingerprint density at radius 3 is 2.60 bits per heavy atom. The summed E-state index contributed by atoms with van der Waals surface area (Å²) in [5, 5.41) is 13.3. The highest BCUT2D eigenvalue weighted by atomic mass is 16.5. The molecule has 2 aromatic rings. The largest absolute Gasteiger partial charge is 0.505 e. The molecule has 1 aromatic carbocycles. The maximum atomic E-state index is 12.9. The zero-order valence-electron chi connectivity index (χ0n) is 17.5. The molecule has 2 N–H and O–H groups in total. The standard InChI is InChI=1S/C24H28N2O4/c1-13(2)30-24(29)20-16-11-17(19(20)15-7-5-4-6-8-15)18(12-16)26-23(28)21-22(27)14(3)9-10-25-21/h4-10,13,16-20,27H,11-12H2,1-3H3,(H,26,28)/t16?,17?,18-,19-,20-/m1/s1. The van der Waals surface area contributed by atoms with Gasteiger partial charge in [0.15, 0.2) is 5.69 Å². The van der Waals surface area contributed by atoms with Gasteiger partial charge in [-0.2, -0.15) is 0 Å². The van der Waals surface area contributed by atoms with Crippen LogP contribution in [0.4, 0.5) is 0 Å². The van der Waals surface area contributed by atoms with E-state index in [0.29, 0.717) is 5.56 Å². The van der Waals surface area contributed by atoms with Gasteiger partial charge in [0.05, 0.1) is 12.0 Å². The normalized spacial score (nSPS) is 27.3. The Bertz CT molecular complexity index is 943. The molecule has 0 radical (unpaired) electrons. The van der Waals surface area contributed by atoms with Crippen molar-refractivity contribution in [3.63, 3.8) is 0 Å². The van der Waals surface area contributed by atoms with Crippen molar-refractivity contribution in [3.8, 4) is 5.75 Å². The summed E-state index contributed by atoms with van der Waals surface area (Å²) in [6.45, 7) is 5.47. The van der Waals surface area contributed by atoms with Gasteiger partial charge in [-0.1, -0.05) is 30.3 Å². The molecule has 2 unspecified atom stereocenters. The lowest BCUT2D eigenvalue weighted by Crippen LogP contribution is -2.45. The molecule has 158 valence electrons. The fourth-order valence-electron chi connectivity index (χ4n) is 5.26. The van der Waals surface area contributed by atoms with Gasteiger partial charge in [0.2, 0.25) is 0 Å². The molecule has 0 spiro atoms. The van der Waals surface area contributed by atoms with Crippen molar-refractivity contribution in [1.82, 2.24) is 10.3 Å². The van der Waals surface area contributed by atoms with Crippen molar-refractivity contribution < 1.29 is 19.4 Å². The van der Waals surface area contributed by atoms with Crippen LogP contribution in [0.1, 0.15) is 54.2 Å². The number of ether oxygens (including phenoxy) is 1. The molecule has 4 rings (SSSR count). The number of carbonyl (C=O) groups is 2. The van der Waals surface area contributed by atoms with Crippen LogP contribution in [0.15, 0.2) is 42.6 Å². The summed E-state index contributed by atoms with van der Waals surface area (Å²) in [5.41, 5.74) is 1.76. The summed E-state index contributed by atoms with van der Waals surface area (Å²) in [4.78, 5) is 29.8. The third-order valence-corrected chi connectivity index (χ3v) is 6.47.